The van der Waals surface area contributed by atoms with Crippen molar-refractivity contribution in [2.45, 2.75) is 6.92 Å². The summed E-state index contributed by atoms with van der Waals surface area (Å²) in [4.78, 5) is 15.2. The molecule has 4 nitrogen and oxygen atoms in total. The number of pyridine rings is 1. The summed E-state index contributed by atoms with van der Waals surface area (Å²) in [7, 11) is 1.34. The number of hydrogen-bond donors (Lipinski definition) is 1. The maximum Gasteiger partial charge on any atom is 0.337 e. The Morgan fingerprint density at radius 2 is 2.36 bits per heavy atom. The van der Waals surface area contributed by atoms with Crippen LogP contribution in [0.2, 0.25) is 0 Å². The van der Waals surface area contributed by atoms with Crippen LogP contribution in [0, 0.1) is 0 Å². The minimum atomic E-state index is -0.376. The molecule has 0 radical (unpaired) electrons. The largest absolute Gasteiger partial charge is 0.465 e. The van der Waals surface area contributed by atoms with Crippen molar-refractivity contribution in [2.75, 3.05) is 7.11 Å². The van der Waals surface area contributed by atoms with Crippen LogP contribution in [0.15, 0.2) is 24.5 Å². The molecule has 1 aromatic heterocycles. The fourth-order valence-corrected chi connectivity index (χ4v) is 0.976. The Labute approximate surface area is 82.4 Å². The lowest BCUT2D eigenvalue weighted by molar-refractivity contribution is 0.0600. The van der Waals surface area contributed by atoms with Crippen molar-refractivity contribution < 1.29 is 9.53 Å². The maximum atomic E-state index is 11.2. The Kier molecular flexibility index (Phi) is 3.23. The molecule has 74 valence electrons. The van der Waals surface area contributed by atoms with Gasteiger partial charge in [0, 0.05) is 6.20 Å². The normalized spacial score (nSPS) is 11.1. The van der Waals surface area contributed by atoms with Gasteiger partial charge in [-0.2, -0.15) is 0 Å². The molecule has 0 atom stereocenters. The van der Waals surface area contributed by atoms with E-state index in [4.69, 9.17) is 5.73 Å². The summed E-state index contributed by atoms with van der Waals surface area (Å²) in [5.41, 5.74) is 7.31. The topological polar surface area (TPSA) is 65.2 Å². The minimum Gasteiger partial charge on any atom is -0.465 e. The second-order valence-electron chi connectivity index (χ2n) is 2.77. The zero-order valence-electron chi connectivity index (χ0n) is 8.15. The summed E-state index contributed by atoms with van der Waals surface area (Å²) >= 11 is 0. The molecular weight excluding hydrogens is 180 g/mol. The molecule has 0 spiro atoms. The van der Waals surface area contributed by atoms with Gasteiger partial charge in [-0.1, -0.05) is 0 Å². The molecule has 0 fully saturated rings. The molecule has 0 bridgehead atoms. The molecule has 14 heavy (non-hydrogen) atoms. The first-order valence-electron chi connectivity index (χ1n) is 4.12. The molecule has 0 saturated heterocycles. The standard InChI is InChI=1S/C10H12N2O2/c1-7(6-11)9-5-8(3-4-12-9)10(13)14-2/h3-6H,11H2,1-2H3. The average molecular weight is 192 g/mol. The number of nitrogens with two attached hydrogens (primary N) is 1. The van der Waals surface area contributed by atoms with Crippen LogP contribution in [-0.4, -0.2) is 18.1 Å². The number of allylic oxidation sites excluding steroid dienone is 1. The number of hydrogen-bond acceptors (Lipinski definition) is 4. The van der Waals surface area contributed by atoms with Gasteiger partial charge >= 0.3 is 5.97 Å². The molecule has 0 aliphatic rings. The van der Waals surface area contributed by atoms with Crippen molar-refractivity contribution in [1.29, 1.82) is 0 Å². The summed E-state index contributed by atoms with van der Waals surface area (Å²) in [5, 5.41) is 0. The fraction of sp³-hybridized carbons (Fsp3) is 0.200. The van der Waals surface area contributed by atoms with E-state index in [9.17, 15) is 4.79 Å². The van der Waals surface area contributed by atoms with E-state index in [0.29, 0.717) is 11.3 Å². The Hall–Kier alpha value is -1.84. The molecule has 1 aromatic rings. The molecule has 0 saturated carbocycles. The first-order chi connectivity index (χ1) is 6.69. The highest BCUT2D eigenvalue weighted by molar-refractivity contribution is 5.90. The molecule has 2 N–H and O–H groups in total. The Morgan fingerprint density at radius 3 is 2.93 bits per heavy atom. The summed E-state index contributed by atoms with van der Waals surface area (Å²) in [6, 6.07) is 3.24. The molecule has 1 rings (SSSR count). The monoisotopic (exact) mass is 192 g/mol. The van der Waals surface area contributed by atoms with Gasteiger partial charge < -0.3 is 10.5 Å². The lowest BCUT2D eigenvalue weighted by Gasteiger charge is -2.02. The first kappa shape index (κ1) is 10.2. The summed E-state index contributed by atoms with van der Waals surface area (Å²) in [5.74, 6) is -0.376. The summed E-state index contributed by atoms with van der Waals surface area (Å²) in [6.45, 7) is 1.82. The van der Waals surface area contributed by atoms with Crippen molar-refractivity contribution in [3.63, 3.8) is 0 Å². The van der Waals surface area contributed by atoms with Gasteiger partial charge in [0.05, 0.1) is 18.4 Å². The fourth-order valence-electron chi connectivity index (χ4n) is 0.976. The number of nitrogens with zero attached hydrogens (tertiary/aromatic N) is 1. The van der Waals surface area contributed by atoms with Crippen LogP contribution in [0.3, 0.4) is 0 Å². The van der Waals surface area contributed by atoms with Gasteiger partial charge in [0.2, 0.25) is 0 Å². The van der Waals surface area contributed by atoms with E-state index in [1.54, 1.807) is 18.3 Å². The van der Waals surface area contributed by atoms with E-state index in [2.05, 4.69) is 9.72 Å². The molecule has 0 amide bonds. The van der Waals surface area contributed by atoms with E-state index in [1.165, 1.54) is 13.3 Å². The van der Waals surface area contributed by atoms with Crippen LogP contribution in [0.1, 0.15) is 23.0 Å². The SMILES string of the molecule is COC(=O)c1ccnc(C(C)=CN)c1. The lowest BCUT2D eigenvalue weighted by Crippen LogP contribution is -2.02. The van der Waals surface area contributed by atoms with Gasteiger partial charge in [0.1, 0.15) is 0 Å². The minimum absolute atomic E-state index is 0.376. The van der Waals surface area contributed by atoms with Gasteiger partial charge in [-0.05, 0) is 30.8 Å². The first-order valence-corrected chi connectivity index (χ1v) is 4.12. The number of carbonyl (C=O) groups excluding carboxylic acids is 1. The van der Waals surface area contributed by atoms with Gasteiger partial charge in [-0.15, -0.1) is 0 Å². The van der Waals surface area contributed by atoms with Crippen molar-refractivity contribution in [2.24, 2.45) is 5.73 Å². The van der Waals surface area contributed by atoms with Crippen molar-refractivity contribution in [3.05, 3.63) is 35.8 Å². The molecular formula is C10H12N2O2. The van der Waals surface area contributed by atoms with E-state index in [0.717, 1.165) is 5.57 Å². The number of esters is 1. The zero-order valence-corrected chi connectivity index (χ0v) is 8.15. The van der Waals surface area contributed by atoms with Crippen LogP contribution in [0.4, 0.5) is 0 Å². The van der Waals surface area contributed by atoms with Crippen molar-refractivity contribution in [3.8, 4) is 0 Å². The number of methoxy groups -OCH3 is 1. The Morgan fingerprint density at radius 1 is 1.64 bits per heavy atom. The summed E-state index contributed by atoms with van der Waals surface area (Å²) < 4.78 is 4.59. The molecule has 4 heteroatoms. The third-order valence-electron chi connectivity index (χ3n) is 1.84. The molecule has 1 heterocycles. The molecule has 0 aliphatic heterocycles. The van der Waals surface area contributed by atoms with E-state index in [-0.39, 0.29) is 5.97 Å². The van der Waals surface area contributed by atoms with E-state index in [1.807, 2.05) is 6.92 Å². The van der Waals surface area contributed by atoms with Crippen molar-refractivity contribution >= 4 is 11.5 Å². The highest BCUT2D eigenvalue weighted by Gasteiger charge is 2.06. The predicted octanol–water partition coefficient (Wildman–Crippen LogP) is 1.19. The molecule has 0 aliphatic carbocycles. The third-order valence-corrected chi connectivity index (χ3v) is 1.84. The molecule has 0 aromatic carbocycles. The van der Waals surface area contributed by atoms with Gasteiger partial charge in [-0.3, -0.25) is 4.98 Å². The quantitative estimate of drug-likeness (QED) is 0.715. The average Bonchev–Trinajstić information content (AvgIpc) is 2.27. The highest BCUT2D eigenvalue weighted by atomic mass is 16.5. The van der Waals surface area contributed by atoms with Crippen LogP contribution < -0.4 is 5.73 Å². The predicted molar refractivity (Wildman–Crippen MR) is 53.4 cm³/mol. The van der Waals surface area contributed by atoms with E-state index < -0.39 is 0 Å². The lowest BCUT2D eigenvalue weighted by atomic mass is 10.1. The third kappa shape index (κ3) is 2.10. The number of rotatable bonds is 2. The maximum absolute atomic E-state index is 11.2. The van der Waals surface area contributed by atoms with Gasteiger partial charge in [0.25, 0.3) is 0 Å². The smallest absolute Gasteiger partial charge is 0.337 e. The Bertz CT molecular complexity index is 372. The van der Waals surface area contributed by atoms with Crippen LogP contribution in [0.5, 0.6) is 0 Å². The second kappa shape index (κ2) is 4.41. The zero-order chi connectivity index (χ0) is 10.6. The summed E-state index contributed by atoms with van der Waals surface area (Å²) in [6.07, 6.45) is 3.00. The van der Waals surface area contributed by atoms with Crippen LogP contribution in [0.25, 0.3) is 5.57 Å². The van der Waals surface area contributed by atoms with E-state index >= 15 is 0 Å². The highest BCUT2D eigenvalue weighted by Crippen LogP contribution is 2.11. The number of aromatic nitrogens is 1. The van der Waals surface area contributed by atoms with Crippen LogP contribution >= 0.6 is 0 Å². The molecule has 0 unspecified atom stereocenters. The van der Waals surface area contributed by atoms with Crippen LogP contribution in [-0.2, 0) is 4.74 Å². The Balaban J connectivity index is 3.07. The van der Waals surface area contributed by atoms with Gasteiger partial charge in [0.15, 0.2) is 0 Å². The number of ether oxygens (including phenoxy) is 1. The van der Waals surface area contributed by atoms with Crippen molar-refractivity contribution in [1.82, 2.24) is 4.98 Å². The second-order valence-corrected chi connectivity index (χ2v) is 2.77. The number of carbonyl (C=O) groups is 1. The van der Waals surface area contributed by atoms with Gasteiger partial charge in [-0.25, -0.2) is 4.79 Å².